The van der Waals surface area contributed by atoms with Crippen molar-refractivity contribution in [1.29, 1.82) is 0 Å². The quantitative estimate of drug-likeness (QED) is 0.769. The molecule has 0 aromatic heterocycles. The Labute approximate surface area is 102 Å². The minimum atomic E-state index is 0.530. The van der Waals surface area contributed by atoms with Gasteiger partial charge >= 0.3 is 0 Å². The van der Waals surface area contributed by atoms with E-state index in [4.69, 9.17) is 4.74 Å². The Bertz CT molecular complexity index is 329. The van der Waals surface area contributed by atoms with Crippen molar-refractivity contribution in [2.24, 2.45) is 0 Å². The first-order chi connectivity index (χ1) is 7.92. The van der Waals surface area contributed by atoms with Crippen molar-refractivity contribution >= 4 is 11.8 Å². The van der Waals surface area contributed by atoms with Gasteiger partial charge in [-0.15, -0.1) is 11.8 Å². The van der Waals surface area contributed by atoms with Gasteiger partial charge in [-0.3, -0.25) is 0 Å². The summed E-state index contributed by atoms with van der Waals surface area (Å²) < 4.78 is 5.32. The second kappa shape index (κ2) is 6.28. The third-order valence-corrected chi connectivity index (χ3v) is 3.94. The average Bonchev–Trinajstić information content (AvgIpc) is 2.73. The van der Waals surface area contributed by atoms with Crippen LogP contribution in [0.4, 0.5) is 0 Å². The Hall–Kier alpha value is -0.510. The molecule has 0 radical (unpaired) electrons. The highest BCUT2D eigenvalue weighted by molar-refractivity contribution is 7.99. The summed E-state index contributed by atoms with van der Waals surface area (Å²) in [5.74, 6) is 1.16. The van der Waals surface area contributed by atoms with Gasteiger partial charge < -0.3 is 10.1 Å². The van der Waals surface area contributed by atoms with Crippen molar-refractivity contribution in [1.82, 2.24) is 5.32 Å². The largest absolute Gasteiger partial charge is 0.382 e. The standard InChI is InChI=1S/C13H19NOS/c1-2-15-9-5-8-14-12-10-16-13-7-4-3-6-11(12)13/h3-4,6-7,12,14H,2,5,8-10H2,1H3. The van der Waals surface area contributed by atoms with E-state index in [1.54, 1.807) is 0 Å². The number of hydrogen-bond donors (Lipinski definition) is 1. The third kappa shape index (κ3) is 3.00. The molecule has 1 heterocycles. The van der Waals surface area contributed by atoms with Gasteiger partial charge in [0.15, 0.2) is 0 Å². The molecule has 1 unspecified atom stereocenters. The molecule has 0 aliphatic carbocycles. The van der Waals surface area contributed by atoms with Crippen LogP contribution in [0.5, 0.6) is 0 Å². The summed E-state index contributed by atoms with van der Waals surface area (Å²) >= 11 is 1.95. The normalized spacial score (nSPS) is 18.7. The van der Waals surface area contributed by atoms with Gasteiger partial charge in [0.2, 0.25) is 0 Å². The second-order valence-corrected chi connectivity index (χ2v) is 4.97. The van der Waals surface area contributed by atoms with E-state index in [1.807, 2.05) is 18.7 Å². The van der Waals surface area contributed by atoms with Gasteiger partial charge in [0, 0.05) is 29.9 Å². The minimum Gasteiger partial charge on any atom is -0.382 e. The van der Waals surface area contributed by atoms with Crippen LogP contribution in [0.25, 0.3) is 0 Å². The van der Waals surface area contributed by atoms with Crippen LogP contribution < -0.4 is 5.32 Å². The van der Waals surface area contributed by atoms with Crippen molar-refractivity contribution in [3.63, 3.8) is 0 Å². The molecule has 0 saturated carbocycles. The smallest absolute Gasteiger partial charge is 0.0477 e. The summed E-state index contributed by atoms with van der Waals surface area (Å²) in [5, 5.41) is 3.60. The molecule has 1 aromatic rings. The zero-order valence-corrected chi connectivity index (χ0v) is 10.6. The van der Waals surface area contributed by atoms with Crippen LogP contribution in [0.2, 0.25) is 0 Å². The number of fused-ring (bicyclic) bond motifs is 1. The van der Waals surface area contributed by atoms with Crippen molar-refractivity contribution < 1.29 is 4.74 Å². The predicted octanol–water partition coefficient (Wildman–Crippen LogP) is 2.85. The summed E-state index contributed by atoms with van der Waals surface area (Å²) in [6.07, 6.45) is 1.09. The molecule has 0 amide bonds. The zero-order valence-electron chi connectivity index (χ0n) is 9.74. The molecule has 0 fully saturated rings. The molecule has 3 heteroatoms. The fourth-order valence-electron chi connectivity index (χ4n) is 1.93. The summed E-state index contributed by atoms with van der Waals surface area (Å²) in [7, 11) is 0. The van der Waals surface area contributed by atoms with Crippen LogP contribution >= 0.6 is 11.8 Å². The molecule has 2 nitrogen and oxygen atoms in total. The molecule has 1 aromatic carbocycles. The van der Waals surface area contributed by atoms with Crippen LogP contribution in [0.15, 0.2) is 29.2 Å². The summed E-state index contributed by atoms with van der Waals surface area (Å²) in [6.45, 7) is 4.77. The predicted molar refractivity (Wildman–Crippen MR) is 69.0 cm³/mol. The topological polar surface area (TPSA) is 21.3 Å². The van der Waals surface area contributed by atoms with Crippen LogP contribution in [0.3, 0.4) is 0 Å². The van der Waals surface area contributed by atoms with Gasteiger partial charge in [-0.2, -0.15) is 0 Å². The van der Waals surface area contributed by atoms with Gasteiger partial charge in [0.25, 0.3) is 0 Å². The van der Waals surface area contributed by atoms with E-state index in [1.165, 1.54) is 10.5 Å². The molecule has 1 aliphatic rings. The van der Waals surface area contributed by atoms with Gasteiger partial charge in [-0.05, 0) is 31.5 Å². The van der Waals surface area contributed by atoms with E-state index in [0.717, 1.165) is 31.9 Å². The molecular weight excluding hydrogens is 218 g/mol. The summed E-state index contributed by atoms with van der Waals surface area (Å²) in [4.78, 5) is 1.44. The Balaban J connectivity index is 1.76. The van der Waals surface area contributed by atoms with Crippen LogP contribution in [0.1, 0.15) is 24.9 Å². The lowest BCUT2D eigenvalue weighted by molar-refractivity contribution is 0.144. The lowest BCUT2D eigenvalue weighted by Crippen LogP contribution is -2.23. The van der Waals surface area contributed by atoms with E-state index < -0.39 is 0 Å². The van der Waals surface area contributed by atoms with E-state index in [-0.39, 0.29) is 0 Å². The van der Waals surface area contributed by atoms with Crippen molar-refractivity contribution in [3.8, 4) is 0 Å². The summed E-state index contributed by atoms with van der Waals surface area (Å²) in [5.41, 5.74) is 1.46. The summed E-state index contributed by atoms with van der Waals surface area (Å²) in [6, 6.07) is 9.21. The lowest BCUT2D eigenvalue weighted by atomic mass is 10.1. The van der Waals surface area contributed by atoms with E-state index in [0.29, 0.717) is 6.04 Å². The van der Waals surface area contributed by atoms with Gasteiger partial charge in [-0.25, -0.2) is 0 Å². The van der Waals surface area contributed by atoms with Gasteiger partial charge in [0.05, 0.1) is 0 Å². The number of benzene rings is 1. The molecular formula is C13H19NOS. The molecule has 1 N–H and O–H groups in total. The monoisotopic (exact) mass is 237 g/mol. The molecule has 1 aliphatic heterocycles. The fourth-order valence-corrected chi connectivity index (χ4v) is 3.12. The Morgan fingerprint density at radius 2 is 2.31 bits per heavy atom. The Morgan fingerprint density at radius 1 is 1.44 bits per heavy atom. The first-order valence-electron chi connectivity index (χ1n) is 5.94. The molecule has 0 saturated heterocycles. The molecule has 2 rings (SSSR count). The molecule has 16 heavy (non-hydrogen) atoms. The first-order valence-corrected chi connectivity index (χ1v) is 6.93. The minimum absolute atomic E-state index is 0.530. The average molecular weight is 237 g/mol. The molecule has 0 bridgehead atoms. The fraction of sp³-hybridized carbons (Fsp3) is 0.538. The van der Waals surface area contributed by atoms with E-state index in [9.17, 15) is 0 Å². The Morgan fingerprint density at radius 3 is 3.19 bits per heavy atom. The first kappa shape index (κ1) is 12.0. The number of ether oxygens (including phenoxy) is 1. The second-order valence-electron chi connectivity index (χ2n) is 3.91. The number of rotatable bonds is 6. The maximum absolute atomic E-state index is 5.32. The zero-order chi connectivity index (χ0) is 11.2. The SMILES string of the molecule is CCOCCCNC1CSc2ccccc21. The third-order valence-electron chi connectivity index (χ3n) is 2.76. The lowest BCUT2D eigenvalue weighted by Gasteiger charge is -2.12. The van der Waals surface area contributed by atoms with E-state index >= 15 is 0 Å². The highest BCUT2D eigenvalue weighted by Crippen LogP contribution is 2.37. The van der Waals surface area contributed by atoms with Crippen LogP contribution in [0, 0.1) is 0 Å². The number of thioether (sulfide) groups is 1. The maximum Gasteiger partial charge on any atom is 0.0477 e. The van der Waals surface area contributed by atoms with Crippen LogP contribution in [-0.4, -0.2) is 25.5 Å². The molecule has 0 spiro atoms. The number of hydrogen-bond acceptors (Lipinski definition) is 3. The number of nitrogens with one attached hydrogen (secondary N) is 1. The Kier molecular flexibility index (Phi) is 4.69. The molecule has 88 valence electrons. The maximum atomic E-state index is 5.32. The van der Waals surface area contributed by atoms with Gasteiger partial charge in [-0.1, -0.05) is 18.2 Å². The van der Waals surface area contributed by atoms with Crippen molar-refractivity contribution in [2.45, 2.75) is 24.3 Å². The van der Waals surface area contributed by atoms with Crippen LogP contribution in [-0.2, 0) is 4.74 Å². The molecule has 1 atom stereocenters. The highest BCUT2D eigenvalue weighted by Gasteiger charge is 2.21. The highest BCUT2D eigenvalue weighted by atomic mass is 32.2. The van der Waals surface area contributed by atoms with E-state index in [2.05, 4.69) is 29.6 Å². The van der Waals surface area contributed by atoms with Gasteiger partial charge in [0.1, 0.15) is 0 Å². The van der Waals surface area contributed by atoms with Crippen molar-refractivity contribution in [2.75, 3.05) is 25.5 Å². The van der Waals surface area contributed by atoms with Crippen molar-refractivity contribution in [3.05, 3.63) is 29.8 Å².